The largest absolute Gasteiger partial charge is 0.490 e. The highest BCUT2D eigenvalue weighted by Gasteiger charge is 2.20. The van der Waals surface area contributed by atoms with E-state index in [-0.39, 0.29) is 4.90 Å². The van der Waals surface area contributed by atoms with Crippen LogP contribution in [0.3, 0.4) is 0 Å². The third-order valence-corrected chi connectivity index (χ3v) is 5.03. The van der Waals surface area contributed by atoms with Crippen LogP contribution < -0.4 is 14.4 Å². The fourth-order valence-electron chi connectivity index (χ4n) is 2.26. The topological polar surface area (TPSA) is 58.6 Å². The summed E-state index contributed by atoms with van der Waals surface area (Å²) in [6.45, 7) is 1.31. The van der Waals surface area contributed by atoms with E-state index in [1.165, 1.54) is 6.07 Å². The highest BCUT2D eigenvalue weighted by atomic mass is 35.5. The van der Waals surface area contributed by atoms with Crippen LogP contribution in [0.5, 0.6) is 5.75 Å². The Morgan fingerprint density at radius 2 is 2.05 bits per heavy atom. The van der Waals surface area contributed by atoms with Crippen molar-refractivity contribution in [1.29, 1.82) is 0 Å². The average Bonchev–Trinajstić information content (AvgIpc) is 2.47. The van der Waals surface area contributed by atoms with E-state index in [1.54, 1.807) is 36.4 Å². The summed E-state index contributed by atoms with van der Waals surface area (Å²) in [5, 5.41) is 0.471. The summed E-state index contributed by atoms with van der Waals surface area (Å²) in [7, 11) is -1.77. The van der Waals surface area contributed by atoms with Gasteiger partial charge in [-0.3, -0.25) is 4.72 Å². The van der Waals surface area contributed by atoms with Gasteiger partial charge in [0.05, 0.1) is 22.8 Å². The molecule has 0 amide bonds. The minimum absolute atomic E-state index is 0.184. The Bertz CT molecular complexity index is 808. The van der Waals surface area contributed by atoms with Crippen LogP contribution in [0.25, 0.3) is 0 Å². The van der Waals surface area contributed by atoms with E-state index in [1.807, 2.05) is 11.9 Å². The predicted molar refractivity (Wildman–Crippen MR) is 87.5 cm³/mol. The zero-order chi connectivity index (χ0) is 15.7. The van der Waals surface area contributed by atoms with Crippen LogP contribution in [0.4, 0.5) is 11.4 Å². The van der Waals surface area contributed by atoms with Crippen molar-refractivity contribution in [3.8, 4) is 5.75 Å². The number of nitrogens with one attached hydrogen (secondary N) is 1. The molecule has 0 bridgehead atoms. The van der Waals surface area contributed by atoms with Crippen LogP contribution in [-0.4, -0.2) is 28.6 Å². The van der Waals surface area contributed by atoms with Gasteiger partial charge in [-0.15, -0.1) is 0 Å². The van der Waals surface area contributed by atoms with Gasteiger partial charge in [-0.2, -0.15) is 0 Å². The number of sulfonamides is 1. The molecule has 1 aliphatic rings. The standard InChI is InChI=1S/C15H15ClN2O3S/c1-18-7-8-21-15-6-5-13(10-14(15)18)22(19,20)17-12-4-2-3-11(16)9-12/h2-6,9-10,17H,7-8H2,1H3. The molecule has 1 heterocycles. The van der Waals surface area contributed by atoms with Crippen LogP contribution in [-0.2, 0) is 10.0 Å². The molecule has 2 aromatic carbocycles. The van der Waals surface area contributed by atoms with Crippen molar-refractivity contribution in [3.05, 3.63) is 47.5 Å². The fraction of sp³-hybridized carbons (Fsp3) is 0.200. The van der Waals surface area contributed by atoms with E-state index in [0.717, 1.165) is 12.2 Å². The maximum Gasteiger partial charge on any atom is 0.261 e. The molecule has 5 nitrogen and oxygen atoms in total. The molecule has 2 aromatic rings. The molecule has 3 rings (SSSR count). The second-order valence-electron chi connectivity index (χ2n) is 5.02. The van der Waals surface area contributed by atoms with Crippen molar-refractivity contribution in [2.45, 2.75) is 4.90 Å². The van der Waals surface area contributed by atoms with Crippen LogP contribution >= 0.6 is 11.6 Å². The van der Waals surface area contributed by atoms with E-state index >= 15 is 0 Å². The van der Waals surface area contributed by atoms with Gasteiger partial charge in [0.1, 0.15) is 12.4 Å². The third kappa shape index (κ3) is 2.98. The first-order valence-corrected chi connectivity index (χ1v) is 8.58. The van der Waals surface area contributed by atoms with Gasteiger partial charge in [0.2, 0.25) is 0 Å². The molecule has 0 spiro atoms. The number of ether oxygens (including phenoxy) is 1. The molecule has 22 heavy (non-hydrogen) atoms. The summed E-state index contributed by atoms with van der Waals surface area (Å²) in [4.78, 5) is 2.15. The SMILES string of the molecule is CN1CCOc2ccc(S(=O)(=O)Nc3cccc(Cl)c3)cc21. The van der Waals surface area contributed by atoms with Gasteiger partial charge in [-0.05, 0) is 36.4 Å². The van der Waals surface area contributed by atoms with Gasteiger partial charge in [0.15, 0.2) is 0 Å². The summed E-state index contributed by atoms with van der Waals surface area (Å²) < 4.78 is 33.0. The maximum atomic E-state index is 12.5. The molecular formula is C15H15ClN2O3S. The molecule has 0 aromatic heterocycles. The Balaban J connectivity index is 1.94. The summed E-state index contributed by atoms with van der Waals surface area (Å²) >= 11 is 5.88. The second-order valence-corrected chi connectivity index (χ2v) is 7.13. The molecule has 0 saturated carbocycles. The number of halogens is 1. The summed E-state index contributed by atoms with van der Waals surface area (Å²) in [6, 6.07) is 11.4. The van der Waals surface area contributed by atoms with Gasteiger partial charge < -0.3 is 9.64 Å². The monoisotopic (exact) mass is 338 g/mol. The van der Waals surface area contributed by atoms with Crippen molar-refractivity contribution in [2.75, 3.05) is 29.8 Å². The predicted octanol–water partition coefficient (Wildman–Crippen LogP) is 2.97. The molecule has 1 aliphatic heterocycles. The quantitative estimate of drug-likeness (QED) is 0.934. The van der Waals surface area contributed by atoms with E-state index < -0.39 is 10.0 Å². The van der Waals surface area contributed by atoms with Crippen molar-refractivity contribution < 1.29 is 13.2 Å². The number of benzene rings is 2. The van der Waals surface area contributed by atoms with E-state index in [2.05, 4.69) is 4.72 Å². The fourth-order valence-corrected chi connectivity index (χ4v) is 3.52. The molecule has 0 fully saturated rings. The normalized spacial score (nSPS) is 14.2. The van der Waals surface area contributed by atoms with Crippen LogP contribution in [0, 0.1) is 0 Å². The number of anilines is 2. The van der Waals surface area contributed by atoms with Gasteiger partial charge in [-0.25, -0.2) is 8.42 Å². The molecule has 116 valence electrons. The second kappa shape index (κ2) is 5.70. The van der Waals surface area contributed by atoms with E-state index in [4.69, 9.17) is 16.3 Å². The number of hydrogen-bond acceptors (Lipinski definition) is 4. The number of fused-ring (bicyclic) bond motifs is 1. The zero-order valence-electron chi connectivity index (χ0n) is 11.9. The lowest BCUT2D eigenvalue weighted by atomic mass is 10.2. The average molecular weight is 339 g/mol. The maximum absolute atomic E-state index is 12.5. The molecule has 7 heteroatoms. The highest BCUT2D eigenvalue weighted by molar-refractivity contribution is 7.92. The Hall–Kier alpha value is -1.92. The smallest absolute Gasteiger partial charge is 0.261 e. The van der Waals surface area contributed by atoms with Crippen LogP contribution in [0.1, 0.15) is 0 Å². The van der Waals surface area contributed by atoms with Gasteiger partial charge in [0.25, 0.3) is 10.0 Å². The first-order chi connectivity index (χ1) is 10.5. The van der Waals surface area contributed by atoms with Crippen LogP contribution in [0.2, 0.25) is 5.02 Å². The molecule has 0 atom stereocenters. The zero-order valence-corrected chi connectivity index (χ0v) is 13.5. The highest BCUT2D eigenvalue weighted by Crippen LogP contribution is 2.33. The molecular weight excluding hydrogens is 324 g/mol. The summed E-state index contributed by atoms with van der Waals surface area (Å²) in [5.41, 5.74) is 1.19. The Labute approximate surface area is 134 Å². The van der Waals surface area contributed by atoms with Crippen molar-refractivity contribution in [3.63, 3.8) is 0 Å². The Morgan fingerprint density at radius 3 is 2.82 bits per heavy atom. The molecule has 0 unspecified atom stereocenters. The molecule has 0 aliphatic carbocycles. The minimum Gasteiger partial charge on any atom is -0.490 e. The van der Waals surface area contributed by atoms with Crippen molar-refractivity contribution >= 4 is 33.0 Å². The van der Waals surface area contributed by atoms with E-state index in [9.17, 15) is 8.42 Å². The van der Waals surface area contributed by atoms with Crippen LogP contribution in [0.15, 0.2) is 47.4 Å². The first kappa shape index (κ1) is 15.0. The molecule has 0 radical (unpaired) electrons. The lowest BCUT2D eigenvalue weighted by Crippen LogP contribution is -2.29. The van der Waals surface area contributed by atoms with Gasteiger partial charge in [0, 0.05) is 12.1 Å². The van der Waals surface area contributed by atoms with E-state index in [0.29, 0.717) is 23.1 Å². The number of rotatable bonds is 3. The van der Waals surface area contributed by atoms with Crippen molar-refractivity contribution in [1.82, 2.24) is 0 Å². The van der Waals surface area contributed by atoms with Crippen molar-refractivity contribution in [2.24, 2.45) is 0 Å². The minimum atomic E-state index is -3.68. The molecule has 1 N–H and O–H groups in total. The van der Waals surface area contributed by atoms with Gasteiger partial charge >= 0.3 is 0 Å². The number of hydrogen-bond donors (Lipinski definition) is 1. The molecule has 0 saturated heterocycles. The third-order valence-electron chi connectivity index (χ3n) is 3.41. The van der Waals surface area contributed by atoms with Gasteiger partial charge in [-0.1, -0.05) is 17.7 Å². The lowest BCUT2D eigenvalue weighted by Gasteiger charge is -2.28. The summed E-state index contributed by atoms with van der Waals surface area (Å²) in [6.07, 6.45) is 0. The first-order valence-electron chi connectivity index (χ1n) is 6.72. The Morgan fingerprint density at radius 1 is 1.23 bits per heavy atom. The number of likely N-dealkylation sites (N-methyl/N-ethyl adjacent to an activating group) is 1. The lowest BCUT2D eigenvalue weighted by molar-refractivity contribution is 0.311. The Kier molecular flexibility index (Phi) is 3.88. The summed E-state index contributed by atoms with van der Waals surface area (Å²) in [5.74, 6) is 0.690. The number of nitrogens with zero attached hydrogens (tertiary/aromatic N) is 1.